The smallest absolute Gasteiger partial charge is 0.306 e. The van der Waals surface area contributed by atoms with E-state index in [1.807, 2.05) is 39.4 Å². The SMILES string of the molecule is CC/C=C/C=C/C=C\CCCCCCCC(=O)NC(COP(=O)([O-])OCC[N+](C)(C)C)C(/C=C/CCCCCCCCCCCC)OC(=O)CCCCCCCCC/C=C\C/C=C\CCCCC. The number of hydrogen-bond acceptors (Lipinski definition) is 7. The van der Waals surface area contributed by atoms with Crippen LogP contribution in [0.5, 0.6) is 0 Å². The second kappa shape index (κ2) is 48.1. The molecular weight excluding hydrogens is 868 g/mol. The van der Waals surface area contributed by atoms with Crippen molar-refractivity contribution in [2.75, 3.05) is 40.9 Å². The van der Waals surface area contributed by atoms with Gasteiger partial charge < -0.3 is 28.5 Å². The van der Waals surface area contributed by atoms with Gasteiger partial charge in [-0.25, -0.2) is 0 Å². The first-order valence-electron chi connectivity index (χ1n) is 27.8. The second-order valence-corrected chi connectivity index (χ2v) is 21.2. The average Bonchev–Trinajstić information content (AvgIpc) is 3.29. The van der Waals surface area contributed by atoms with Crippen LogP contribution in [-0.2, 0) is 27.9 Å². The number of hydrogen-bond donors (Lipinski definition) is 1. The van der Waals surface area contributed by atoms with Gasteiger partial charge in [-0.15, -0.1) is 0 Å². The maximum atomic E-state index is 13.4. The standard InChI is InChI=1S/C58H105N2O7P/c1-7-10-13-16-19-22-25-28-29-30-31-33-36-39-42-45-48-51-58(62)67-56(49-46-43-40-37-34-27-24-21-18-15-12-9-3)55(54-66-68(63,64)65-53-52-60(4,5)6)59-57(61)50-47-44-41-38-35-32-26-23-20-17-14-11-8-2/h11,14,17,19-20,22-23,26,28-29,46,49,55-56H,7-10,12-13,15-16,18,21,24-25,27,30-45,47-48,50-54H2,1-6H3,(H-,59,61,63,64)/b14-11+,20-17+,22-19-,26-23-,29-28-,49-46+. The molecule has 0 saturated heterocycles. The van der Waals surface area contributed by atoms with Crippen LogP contribution in [0.25, 0.3) is 0 Å². The zero-order valence-corrected chi connectivity index (χ0v) is 45.7. The molecule has 0 aliphatic heterocycles. The third kappa shape index (κ3) is 48.5. The minimum absolute atomic E-state index is 0.0306. The van der Waals surface area contributed by atoms with Crippen molar-refractivity contribution in [3.05, 3.63) is 72.9 Å². The van der Waals surface area contributed by atoms with E-state index in [1.54, 1.807) is 0 Å². The van der Waals surface area contributed by atoms with Gasteiger partial charge in [0.05, 0.1) is 33.8 Å². The highest BCUT2D eigenvalue weighted by atomic mass is 31.2. The van der Waals surface area contributed by atoms with Gasteiger partial charge >= 0.3 is 5.97 Å². The quantitative estimate of drug-likeness (QED) is 0.0161. The number of esters is 1. The number of unbranched alkanes of at least 4 members (excludes halogenated alkanes) is 25. The molecule has 0 aromatic heterocycles. The average molecular weight is 973 g/mol. The van der Waals surface area contributed by atoms with E-state index in [0.29, 0.717) is 17.4 Å². The predicted molar refractivity (Wildman–Crippen MR) is 288 cm³/mol. The van der Waals surface area contributed by atoms with Gasteiger partial charge in [0.2, 0.25) is 5.91 Å². The molecule has 0 aliphatic carbocycles. The molecule has 1 amide bonds. The summed E-state index contributed by atoms with van der Waals surface area (Å²) in [6, 6.07) is -0.903. The molecule has 3 atom stereocenters. The fraction of sp³-hybridized carbons (Fsp3) is 0.759. The van der Waals surface area contributed by atoms with Gasteiger partial charge in [0.1, 0.15) is 19.3 Å². The Kier molecular flexibility index (Phi) is 46.3. The topological polar surface area (TPSA) is 114 Å². The summed E-state index contributed by atoms with van der Waals surface area (Å²) < 4.78 is 30.2. The molecule has 68 heavy (non-hydrogen) atoms. The van der Waals surface area contributed by atoms with Crippen molar-refractivity contribution >= 4 is 19.7 Å². The van der Waals surface area contributed by atoms with Crippen LogP contribution in [0.1, 0.15) is 233 Å². The van der Waals surface area contributed by atoms with E-state index in [-0.39, 0.29) is 31.3 Å². The summed E-state index contributed by atoms with van der Waals surface area (Å²) in [6.07, 6.45) is 60.1. The van der Waals surface area contributed by atoms with E-state index < -0.39 is 26.6 Å². The molecule has 394 valence electrons. The fourth-order valence-electron chi connectivity index (χ4n) is 7.61. The molecule has 0 rings (SSSR count). The highest BCUT2D eigenvalue weighted by Crippen LogP contribution is 2.38. The van der Waals surface area contributed by atoms with Gasteiger partial charge in [0.15, 0.2) is 0 Å². The number of nitrogens with zero attached hydrogens (tertiary/aromatic N) is 1. The fourth-order valence-corrected chi connectivity index (χ4v) is 8.33. The Balaban J connectivity index is 5.40. The van der Waals surface area contributed by atoms with Gasteiger partial charge in [-0.2, -0.15) is 0 Å². The summed E-state index contributed by atoms with van der Waals surface area (Å²) in [7, 11) is 1.16. The Labute approximate surface area is 419 Å². The maximum absolute atomic E-state index is 13.4. The Morgan fingerprint density at radius 3 is 1.54 bits per heavy atom. The molecule has 0 radical (unpaired) electrons. The van der Waals surface area contributed by atoms with Gasteiger partial charge in [-0.3, -0.25) is 14.2 Å². The van der Waals surface area contributed by atoms with Crippen LogP contribution in [0.4, 0.5) is 0 Å². The van der Waals surface area contributed by atoms with Crippen LogP contribution < -0.4 is 10.2 Å². The van der Waals surface area contributed by atoms with E-state index in [1.165, 1.54) is 96.3 Å². The number of allylic oxidation sites excluding steroid dienone is 11. The minimum Gasteiger partial charge on any atom is -0.756 e. The molecule has 9 nitrogen and oxygen atoms in total. The zero-order valence-electron chi connectivity index (χ0n) is 44.8. The monoisotopic (exact) mass is 973 g/mol. The number of amides is 1. The molecule has 10 heteroatoms. The number of likely N-dealkylation sites (N-methyl/N-ethyl adjacent to an activating group) is 1. The number of quaternary nitrogens is 1. The Bertz CT molecular complexity index is 1400. The van der Waals surface area contributed by atoms with Gasteiger partial charge in [-0.1, -0.05) is 210 Å². The van der Waals surface area contributed by atoms with Crippen molar-refractivity contribution in [3.63, 3.8) is 0 Å². The molecule has 1 N–H and O–H groups in total. The number of nitrogens with one attached hydrogen (secondary N) is 1. The lowest BCUT2D eigenvalue weighted by molar-refractivity contribution is -0.870. The summed E-state index contributed by atoms with van der Waals surface area (Å²) in [5, 5.41) is 3.00. The summed E-state index contributed by atoms with van der Waals surface area (Å²) in [4.78, 5) is 39.8. The third-order valence-corrected chi connectivity index (χ3v) is 12.9. The van der Waals surface area contributed by atoms with Crippen molar-refractivity contribution in [1.29, 1.82) is 0 Å². The largest absolute Gasteiger partial charge is 0.756 e. The van der Waals surface area contributed by atoms with E-state index >= 15 is 0 Å². The number of phosphoric ester groups is 1. The zero-order chi connectivity index (χ0) is 50.1. The van der Waals surface area contributed by atoms with Crippen LogP contribution in [-0.4, -0.2) is 69.4 Å². The maximum Gasteiger partial charge on any atom is 0.306 e. The van der Waals surface area contributed by atoms with Crippen LogP contribution in [0, 0.1) is 0 Å². The molecule has 0 bridgehead atoms. The predicted octanol–water partition coefficient (Wildman–Crippen LogP) is 15.9. The van der Waals surface area contributed by atoms with Crippen molar-refractivity contribution in [2.45, 2.75) is 245 Å². The highest BCUT2D eigenvalue weighted by molar-refractivity contribution is 7.45. The Morgan fingerprint density at radius 1 is 0.544 bits per heavy atom. The van der Waals surface area contributed by atoms with E-state index in [9.17, 15) is 19.0 Å². The molecule has 0 aromatic carbocycles. The number of rotatable bonds is 49. The molecule has 0 fully saturated rings. The first-order chi connectivity index (χ1) is 32.9. The van der Waals surface area contributed by atoms with Crippen molar-refractivity contribution in [2.24, 2.45) is 0 Å². The van der Waals surface area contributed by atoms with Crippen molar-refractivity contribution in [1.82, 2.24) is 5.32 Å². The van der Waals surface area contributed by atoms with Crippen molar-refractivity contribution in [3.8, 4) is 0 Å². The first-order valence-corrected chi connectivity index (χ1v) is 29.2. The van der Waals surface area contributed by atoms with E-state index in [0.717, 1.165) is 96.3 Å². The van der Waals surface area contributed by atoms with Gasteiger partial charge in [0, 0.05) is 12.8 Å². The van der Waals surface area contributed by atoms with Crippen molar-refractivity contribution < 1.29 is 37.3 Å². The van der Waals surface area contributed by atoms with Crippen LogP contribution in [0.15, 0.2) is 72.9 Å². The van der Waals surface area contributed by atoms with Crippen LogP contribution in [0.2, 0.25) is 0 Å². The highest BCUT2D eigenvalue weighted by Gasteiger charge is 2.27. The lowest BCUT2D eigenvalue weighted by Gasteiger charge is -2.30. The summed E-state index contributed by atoms with van der Waals surface area (Å²) >= 11 is 0. The van der Waals surface area contributed by atoms with Gasteiger partial charge in [0.25, 0.3) is 7.82 Å². The number of ether oxygens (including phenoxy) is 1. The lowest BCUT2D eigenvalue weighted by Crippen LogP contribution is -2.47. The lowest BCUT2D eigenvalue weighted by atomic mass is 10.0. The van der Waals surface area contributed by atoms with Crippen LogP contribution >= 0.6 is 7.82 Å². The molecule has 0 saturated carbocycles. The molecule has 3 unspecified atom stereocenters. The normalized spacial score (nSPS) is 14.4. The van der Waals surface area contributed by atoms with Crippen LogP contribution in [0.3, 0.4) is 0 Å². The van der Waals surface area contributed by atoms with Gasteiger partial charge in [-0.05, 0) is 83.1 Å². The van der Waals surface area contributed by atoms with E-state index in [2.05, 4.69) is 80.8 Å². The summed E-state index contributed by atoms with van der Waals surface area (Å²) in [5.74, 6) is -0.577. The molecule has 0 spiro atoms. The Morgan fingerprint density at radius 2 is 1.00 bits per heavy atom. The Hall–Kier alpha value is -2.55. The first kappa shape index (κ1) is 65.5. The second-order valence-electron chi connectivity index (χ2n) is 19.8. The minimum atomic E-state index is -4.70. The number of carbonyl (C=O) groups excluding carboxylic acids is 2. The number of carbonyl (C=O) groups is 2. The summed E-state index contributed by atoms with van der Waals surface area (Å²) in [5.41, 5.74) is 0. The molecular formula is C58H105N2O7P. The third-order valence-electron chi connectivity index (χ3n) is 11.9. The molecule has 0 aromatic rings. The summed E-state index contributed by atoms with van der Waals surface area (Å²) in [6.45, 7) is 6.65. The molecule has 0 heterocycles. The number of phosphoric acid groups is 1. The van der Waals surface area contributed by atoms with E-state index in [4.69, 9.17) is 13.8 Å². The molecule has 0 aliphatic rings.